The number of Topliss-reactive ketones (excluding diaryl/α,β-unsaturated/α-hetero) is 1. The molecule has 0 unspecified atom stereocenters. The van der Waals surface area contributed by atoms with E-state index in [4.69, 9.17) is 42.6 Å². The number of carbonyl (C=O) groups excluding carboxylic acids is 3. The number of ketones is 1. The maximum absolute atomic E-state index is 14.8. The van der Waals surface area contributed by atoms with E-state index in [1.54, 1.807) is 73.7 Å². The Hall–Kier alpha value is -3.75. The number of nitrogens with zero attached hydrogens (tertiary/aromatic N) is 4. The number of sulfone groups is 1. The van der Waals surface area contributed by atoms with E-state index in [-0.39, 0.29) is 29.9 Å². The van der Waals surface area contributed by atoms with E-state index in [0.29, 0.717) is 30.6 Å². The lowest BCUT2D eigenvalue weighted by Crippen LogP contribution is -2.62. The number of alkyl carbamates (subject to hydrolysis) is 1. The Morgan fingerprint density at radius 3 is 2.20 bits per heavy atom. The average molecular weight is 1100 g/mol. The third-order valence-corrected chi connectivity index (χ3v) is 17.9. The number of methoxy groups -OCH3 is 3. The van der Waals surface area contributed by atoms with Crippen molar-refractivity contribution in [2.45, 2.75) is 203 Å². The van der Waals surface area contributed by atoms with E-state index in [0.717, 1.165) is 6.26 Å². The van der Waals surface area contributed by atoms with Gasteiger partial charge in [0.05, 0.1) is 58.2 Å². The molecular weight excluding hydrogens is 1010 g/mol. The van der Waals surface area contributed by atoms with Gasteiger partial charge in [0.15, 0.2) is 28.0 Å². The molecule has 1 amide bonds. The number of likely N-dealkylation sites (N-methyl/N-ethyl adjacent to an activating group) is 1. The molecule has 4 aliphatic heterocycles. The van der Waals surface area contributed by atoms with Gasteiger partial charge >= 0.3 is 12.1 Å². The molecule has 1 aromatic carbocycles. The van der Waals surface area contributed by atoms with Crippen molar-refractivity contribution in [2.75, 3.05) is 47.9 Å². The molecule has 0 bridgehead atoms. The number of ether oxygens (including phenoxy) is 9. The number of aromatic nitrogens is 3. The summed E-state index contributed by atoms with van der Waals surface area (Å²) in [5.74, 6) is -4.25. The summed E-state index contributed by atoms with van der Waals surface area (Å²) < 4.78 is 97.2. The highest BCUT2D eigenvalue weighted by molar-refractivity contribution is 7.90. The molecule has 4 aliphatic rings. The van der Waals surface area contributed by atoms with Gasteiger partial charge in [-0.05, 0) is 85.5 Å². The summed E-state index contributed by atoms with van der Waals surface area (Å²) in [7, 11) is 2.84. The lowest BCUT2D eigenvalue weighted by molar-refractivity contribution is -0.319. The molecule has 1 aromatic heterocycles. The Kier molecular flexibility index (Phi) is 20.0. The molecule has 4 fully saturated rings. The highest BCUT2D eigenvalue weighted by Crippen LogP contribution is 2.43. The fourth-order valence-corrected chi connectivity index (χ4v) is 12.6. The van der Waals surface area contributed by atoms with Crippen LogP contribution in [0.5, 0.6) is 0 Å². The first-order valence-corrected chi connectivity index (χ1v) is 28.3. The number of nitrogens with one attached hydrogen (secondary N) is 1. The maximum atomic E-state index is 14.8. The van der Waals surface area contributed by atoms with Gasteiger partial charge in [0.2, 0.25) is 0 Å². The number of alkyl halides is 1. The number of benzene rings is 1. The standard InChI is InChI=1S/C53H84FN5O16S/c1-16-39-53(10)45(55-50(64)75-53)30(4)41(60)28(2)24-52(9,69-14)47(31(5)43(32(6)48(63)72-39)73-40-25-51(8,68-13)46(62)33(7)71-40)74-49-42(61)37(23-29(3)70-49)58(11)22-21-35-27-59(57-56-35)38(26-54)44(67-12)34-17-19-36(20-18-34)76(15,65)66/h17-20,27-33,37-40,42-47,49,61-62H,16,21-26H2,1-15H3,(H,55,64)/t28-,29-,30+,31+,32-,33+,37+,38-,39-,40+,42-,43+,44-,45-,46+,47-,49+,51-,52-,53-/m1/s1. The van der Waals surface area contributed by atoms with Crippen LogP contribution in [0.3, 0.4) is 0 Å². The topological polar surface area (TPSA) is 255 Å². The number of amides is 1. The highest BCUT2D eigenvalue weighted by Gasteiger charge is 2.58. The van der Waals surface area contributed by atoms with Crippen molar-refractivity contribution in [1.29, 1.82) is 0 Å². The van der Waals surface area contributed by atoms with E-state index in [1.165, 1.54) is 38.1 Å². The minimum absolute atomic E-state index is 0.0786. The van der Waals surface area contributed by atoms with Gasteiger partial charge < -0.3 is 63.1 Å². The molecule has 0 saturated carbocycles. The minimum Gasteiger partial charge on any atom is -0.458 e. The number of hydrogen-bond acceptors (Lipinski definition) is 19. The molecule has 430 valence electrons. The smallest absolute Gasteiger partial charge is 0.408 e. The Labute approximate surface area is 447 Å². The van der Waals surface area contributed by atoms with Gasteiger partial charge in [0.25, 0.3) is 0 Å². The summed E-state index contributed by atoms with van der Waals surface area (Å²) in [6.45, 7) is 17.1. The summed E-state index contributed by atoms with van der Waals surface area (Å²) in [5, 5.41) is 34.9. The van der Waals surface area contributed by atoms with Crippen LogP contribution in [0.25, 0.3) is 0 Å². The number of fused-ring (bicyclic) bond motifs is 1. The fraction of sp³-hybridized carbons (Fsp3) is 0.792. The maximum Gasteiger partial charge on any atom is 0.408 e. The third kappa shape index (κ3) is 13.0. The van der Waals surface area contributed by atoms with Crippen LogP contribution in [-0.2, 0) is 68.5 Å². The van der Waals surface area contributed by atoms with Crippen molar-refractivity contribution >= 4 is 27.7 Å². The van der Waals surface area contributed by atoms with Crippen molar-refractivity contribution in [1.82, 2.24) is 25.2 Å². The molecule has 76 heavy (non-hydrogen) atoms. The molecule has 4 saturated heterocycles. The number of carbonyl (C=O) groups is 3. The number of hydrogen-bond donors (Lipinski definition) is 3. The highest BCUT2D eigenvalue weighted by atomic mass is 32.2. The SMILES string of the molecule is CC[C@H]1OC(=O)[C@H](C)[C@@H](O[C@H]2C[C@@](C)(OC)[C@@H](O)[C@H](C)O2)[C@H](C)[C@@H](O[C@@H]2O[C@H](C)C[C@H](N(C)CCc3cn([C@H](CF)[C@H](OC)c4ccc(S(C)(=O)=O)cc4)nn3)[C@H]2O)[C@](C)(OC)C[C@@H](C)C(=O)[C@H](C)[C@H]2NC(=O)O[C@@]21C. The van der Waals surface area contributed by atoms with Crippen LogP contribution in [-0.4, -0.2) is 188 Å². The molecule has 5 heterocycles. The predicted octanol–water partition coefficient (Wildman–Crippen LogP) is 4.70. The van der Waals surface area contributed by atoms with Crippen molar-refractivity contribution in [3.05, 3.63) is 41.7 Å². The summed E-state index contributed by atoms with van der Waals surface area (Å²) in [6.07, 6.45) is -6.49. The van der Waals surface area contributed by atoms with E-state index in [1.807, 2.05) is 25.8 Å². The molecule has 0 spiro atoms. The number of rotatable bonds is 17. The Bertz CT molecular complexity index is 2400. The first kappa shape index (κ1) is 61.5. The number of aliphatic hydroxyl groups excluding tert-OH is 2. The number of halogens is 1. The van der Waals surface area contributed by atoms with Gasteiger partial charge in [-0.3, -0.25) is 9.59 Å². The first-order valence-electron chi connectivity index (χ1n) is 26.4. The monoisotopic (exact) mass is 1100 g/mol. The summed E-state index contributed by atoms with van der Waals surface area (Å²) in [4.78, 5) is 44.5. The molecule has 2 aromatic rings. The molecule has 23 heteroatoms. The van der Waals surface area contributed by atoms with Crippen LogP contribution in [0, 0.1) is 23.7 Å². The van der Waals surface area contributed by atoms with E-state index in [9.17, 15) is 37.4 Å². The molecule has 3 N–H and O–H groups in total. The number of esters is 1. The zero-order valence-electron chi connectivity index (χ0n) is 46.8. The molecule has 6 rings (SSSR count). The van der Waals surface area contributed by atoms with Crippen LogP contribution in [0.2, 0.25) is 0 Å². The van der Waals surface area contributed by atoms with E-state index < -0.39 is 149 Å². The summed E-state index contributed by atoms with van der Waals surface area (Å²) in [6, 6.07) is 3.77. The summed E-state index contributed by atoms with van der Waals surface area (Å²) in [5.41, 5.74) is -2.75. The Balaban J connectivity index is 1.30. The third-order valence-electron chi connectivity index (χ3n) is 16.8. The second-order valence-corrected chi connectivity index (χ2v) is 24.3. The number of cyclic esters (lactones) is 1. The van der Waals surface area contributed by atoms with Crippen molar-refractivity contribution in [2.24, 2.45) is 23.7 Å². The van der Waals surface area contributed by atoms with E-state index >= 15 is 0 Å². The molecular formula is C53H84FN5O16S. The van der Waals surface area contributed by atoms with E-state index in [2.05, 4.69) is 15.6 Å². The van der Waals surface area contributed by atoms with Crippen LogP contribution in [0.15, 0.2) is 35.4 Å². The second-order valence-electron chi connectivity index (χ2n) is 22.3. The van der Waals surface area contributed by atoms with Crippen LogP contribution in [0.4, 0.5) is 9.18 Å². The summed E-state index contributed by atoms with van der Waals surface area (Å²) >= 11 is 0. The van der Waals surface area contributed by atoms with Gasteiger partial charge in [-0.25, -0.2) is 22.3 Å². The van der Waals surface area contributed by atoms with Crippen molar-refractivity contribution in [3.63, 3.8) is 0 Å². The lowest BCUT2D eigenvalue weighted by atomic mass is 9.73. The zero-order chi connectivity index (χ0) is 56.4. The van der Waals surface area contributed by atoms with Crippen molar-refractivity contribution in [3.8, 4) is 0 Å². The largest absolute Gasteiger partial charge is 0.458 e. The zero-order valence-corrected chi connectivity index (χ0v) is 47.7. The van der Waals surface area contributed by atoms with Gasteiger partial charge in [-0.15, -0.1) is 5.10 Å². The molecule has 0 radical (unpaired) electrons. The van der Waals surface area contributed by atoms with Crippen LogP contribution in [0.1, 0.15) is 118 Å². The quantitative estimate of drug-likeness (QED) is 0.182. The molecule has 0 aliphatic carbocycles. The predicted molar refractivity (Wildman–Crippen MR) is 273 cm³/mol. The first-order chi connectivity index (χ1) is 35.6. The molecule has 21 nitrogen and oxygen atoms in total. The minimum atomic E-state index is -3.45. The van der Waals surface area contributed by atoms with Gasteiger partial charge in [-0.2, -0.15) is 0 Å². The van der Waals surface area contributed by atoms with Crippen molar-refractivity contribution < 1.29 is 80.0 Å². The van der Waals surface area contributed by atoms with Crippen LogP contribution >= 0.6 is 0 Å². The fourth-order valence-electron chi connectivity index (χ4n) is 12.0. The van der Waals surface area contributed by atoms with Gasteiger partial charge in [0.1, 0.15) is 42.9 Å². The normalized spacial score (nSPS) is 38.9. The lowest BCUT2D eigenvalue weighted by Gasteiger charge is -2.50. The van der Waals surface area contributed by atoms with Gasteiger partial charge in [-0.1, -0.05) is 45.0 Å². The Morgan fingerprint density at radius 1 is 0.947 bits per heavy atom. The second kappa shape index (κ2) is 24.7. The Morgan fingerprint density at radius 2 is 1.61 bits per heavy atom. The number of aliphatic hydroxyl groups is 2. The molecule has 20 atom stereocenters. The van der Waals surface area contributed by atoms with Gasteiger partial charge in [0, 0.05) is 77.0 Å². The van der Waals surface area contributed by atoms with Crippen LogP contribution < -0.4 is 5.32 Å². The average Bonchev–Trinajstić information content (AvgIpc) is 3.98.